The fourth-order valence-corrected chi connectivity index (χ4v) is 3.90. The molecule has 0 spiro atoms. The van der Waals surface area contributed by atoms with Gasteiger partial charge in [0.1, 0.15) is 17.7 Å². The second-order valence-corrected chi connectivity index (χ2v) is 7.20. The van der Waals surface area contributed by atoms with E-state index in [1.807, 2.05) is 39.7 Å². The van der Waals surface area contributed by atoms with Gasteiger partial charge in [0.05, 0.1) is 12.2 Å². The van der Waals surface area contributed by atoms with Gasteiger partial charge in [-0.3, -0.25) is 14.1 Å². The quantitative estimate of drug-likeness (QED) is 0.532. The first-order valence-electron chi connectivity index (χ1n) is 9.69. The number of rotatable bonds is 4. The van der Waals surface area contributed by atoms with E-state index in [2.05, 4.69) is 50.8 Å². The van der Waals surface area contributed by atoms with Crippen LogP contribution in [0.15, 0.2) is 49.3 Å². The fourth-order valence-electron chi connectivity index (χ4n) is 3.90. The van der Waals surface area contributed by atoms with Crippen LogP contribution in [-0.4, -0.2) is 45.3 Å². The van der Waals surface area contributed by atoms with Crippen LogP contribution in [0, 0.1) is 0 Å². The van der Waals surface area contributed by atoms with Crippen molar-refractivity contribution in [2.24, 2.45) is 0 Å². The highest BCUT2D eigenvalue weighted by Crippen LogP contribution is 2.39. The molecule has 9 heteroatoms. The summed E-state index contributed by atoms with van der Waals surface area (Å²) < 4.78 is 3.85. The molecule has 0 fully saturated rings. The minimum absolute atomic E-state index is 0.103. The molecule has 4 aromatic rings. The third kappa shape index (κ3) is 2.69. The summed E-state index contributed by atoms with van der Waals surface area (Å²) >= 11 is 0. The smallest absolute Gasteiger partial charge is 0.237 e. The van der Waals surface area contributed by atoms with Crippen LogP contribution in [0.1, 0.15) is 39.1 Å². The highest BCUT2D eigenvalue weighted by molar-refractivity contribution is 5.63. The summed E-state index contributed by atoms with van der Waals surface area (Å²) in [4.78, 5) is 20.8. The molecule has 9 nitrogen and oxygen atoms in total. The van der Waals surface area contributed by atoms with Crippen molar-refractivity contribution in [2.75, 3.05) is 4.90 Å². The second-order valence-electron chi connectivity index (χ2n) is 7.20. The lowest BCUT2D eigenvalue weighted by molar-refractivity contribution is 0.497. The lowest BCUT2D eigenvalue weighted by Gasteiger charge is -2.39. The standard InChI is InChI=1S/C20H21N9/c1-4-15-19-26-24-12-28(19)16-11-23-20(25-18(16)29(15)13(2)3)27-10-9-22-17(27)14-7-5-6-8-21-14/h5-13,15H,4H2,1-3H3. The van der Waals surface area contributed by atoms with E-state index in [0.29, 0.717) is 11.8 Å². The maximum Gasteiger partial charge on any atom is 0.237 e. The van der Waals surface area contributed by atoms with Crippen LogP contribution in [0.3, 0.4) is 0 Å². The van der Waals surface area contributed by atoms with E-state index < -0.39 is 0 Å². The Bertz CT molecular complexity index is 1150. The van der Waals surface area contributed by atoms with Crippen molar-refractivity contribution in [3.8, 4) is 23.2 Å². The van der Waals surface area contributed by atoms with Crippen LogP contribution in [-0.2, 0) is 0 Å². The summed E-state index contributed by atoms with van der Waals surface area (Å²) in [6, 6.07) is 6.09. The van der Waals surface area contributed by atoms with Crippen LogP contribution >= 0.6 is 0 Å². The molecule has 5 rings (SSSR count). The predicted molar refractivity (Wildman–Crippen MR) is 108 cm³/mol. The zero-order valence-corrected chi connectivity index (χ0v) is 16.5. The van der Waals surface area contributed by atoms with Crippen molar-refractivity contribution >= 4 is 5.82 Å². The Morgan fingerprint density at radius 3 is 2.72 bits per heavy atom. The van der Waals surface area contributed by atoms with Crippen LogP contribution in [0.25, 0.3) is 23.2 Å². The molecule has 146 valence electrons. The molecule has 0 aromatic carbocycles. The predicted octanol–water partition coefficient (Wildman–Crippen LogP) is 2.98. The van der Waals surface area contributed by atoms with E-state index in [9.17, 15) is 0 Å². The molecule has 1 aliphatic rings. The summed E-state index contributed by atoms with van der Waals surface area (Å²) in [6.07, 6.45) is 9.81. The summed E-state index contributed by atoms with van der Waals surface area (Å²) in [6.45, 7) is 6.48. The first-order valence-corrected chi connectivity index (χ1v) is 9.69. The average Bonchev–Trinajstić information content (AvgIpc) is 3.42. The summed E-state index contributed by atoms with van der Waals surface area (Å²) in [7, 11) is 0. The van der Waals surface area contributed by atoms with Crippen LogP contribution in [0.2, 0.25) is 0 Å². The van der Waals surface area contributed by atoms with Gasteiger partial charge in [0, 0.05) is 24.6 Å². The van der Waals surface area contributed by atoms with Gasteiger partial charge in [-0.2, -0.15) is 4.98 Å². The zero-order chi connectivity index (χ0) is 20.0. The first kappa shape index (κ1) is 17.5. The van der Waals surface area contributed by atoms with Crippen molar-refractivity contribution in [1.82, 2.24) is 39.3 Å². The van der Waals surface area contributed by atoms with E-state index in [0.717, 1.165) is 29.4 Å². The van der Waals surface area contributed by atoms with Crippen molar-refractivity contribution in [3.05, 3.63) is 55.1 Å². The van der Waals surface area contributed by atoms with Gasteiger partial charge in [0.25, 0.3) is 0 Å². The number of pyridine rings is 1. The third-order valence-electron chi connectivity index (χ3n) is 5.14. The maximum absolute atomic E-state index is 4.95. The fraction of sp³-hybridized carbons (Fsp3) is 0.300. The number of imidazole rings is 1. The van der Waals surface area contributed by atoms with Gasteiger partial charge in [-0.15, -0.1) is 10.2 Å². The topological polar surface area (TPSA) is 90.4 Å². The van der Waals surface area contributed by atoms with Gasteiger partial charge < -0.3 is 4.90 Å². The number of aromatic nitrogens is 8. The molecule has 1 unspecified atom stereocenters. The molecule has 0 N–H and O–H groups in total. The summed E-state index contributed by atoms with van der Waals surface area (Å²) in [5.74, 6) is 3.04. The minimum Gasteiger partial charge on any atom is -0.342 e. The number of fused-ring (bicyclic) bond motifs is 3. The van der Waals surface area contributed by atoms with Gasteiger partial charge in [-0.05, 0) is 32.4 Å². The zero-order valence-electron chi connectivity index (χ0n) is 16.5. The van der Waals surface area contributed by atoms with Crippen LogP contribution in [0.5, 0.6) is 0 Å². The van der Waals surface area contributed by atoms with E-state index in [4.69, 9.17) is 4.98 Å². The molecule has 0 radical (unpaired) electrons. The third-order valence-corrected chi connectivity index (χ3v) is 5.14. The Balaban J connectivity index is 1.68. The lowest BCUT2D eigenvalue weighted by Crippen LogP contribution is -2.40. The summed E-state index contributed by atoms with van der Waals surface area (Å²) in [5.41, 5.74) is 1.65. The molecule has 0 bridgehead atoms. The molecule has 5 heterocycles. The number of hydrogen-bond donors (Lipinski definition) is 0. The lowest BCUT2D eigenvalue weighted by atomic mass is 10.1. The summed E-state index contributed by atoms with van der Waals surface area (Å²) in [5, 5.41) is 8.49. The Morgan fingerprint density at radius 2 is 1.97 bits per heavy atom. The normalized spacial score (nSPS) is 15.4. The number of hydrogen-bond acceptors (Lipinski definition) is 7. The molecule has 1 atom stereocenters. The molecule has 0 saturated carbocycles. The molecule has 0 saturated heterocycles. The molecule has 4 aromatic heterocycles. The van der Waals surface area contributed by atoms with E-state index >= 15 is 0 Å². The number of nitrogens with zero attached hydrogens (tertiary/aromatic N) is 9. The van der Waals surface area contributed by atoms with Crippen molar-refractivity contribution < 1.29 is 0 Å². The van der Waals surface area contributed by atoms with Gasteiger partial charge in [0.2, 0.25) is 5.95 Å². The van der Waals surface area contributed by atoms with Gasteiger partial charge in [-0.25, -0.2) is 9.97 Å². The van der Waals surface area contributed by atoms with Gasteiger partial charge in [-0.1, -0.05) is 13.0 Å². The van der Waals surface area contributed by atoms with Crippen molar-refractivity contribution in [1.29, 1.82) is 0 Å². The highest BCUT2D eigenvalue weighted by Gasteiger charge is 2.35. The van der Waals surface area contributed by atoms with Crippen LogP contribution in [0.4, 0.5) is 5.82 Å². The number of anilines is 1. The Labute approximate surface area is 168 Å². The Kier molecular flexibility index (Phi) is 4.08. The molecular weight excluding hydrogens is 366 g/mol. The van der Waals surface area contributed by atoms with E-state index in [1.54, 1.807) is 18.7 Å². The highest BCUT2D eigenvalue weighted by atomic mass is 15.4. The van der Waals surface area contributed by atoms with Gasteiger partial charge >= 0.3 is 0 Å². The monoisotopic (exact) mass is 387 g/mol. The maximum atomic E-state index is 4.95. The minimum atomic E-state index is 0.103. The van der Waals surface area contributed by atoms with E-state index in [-0.39, 0.29) is 12.1 Å². The second kappa shape index (κ2) is 6.77. The molecular formula is C20H21N9. The van der Waals surface area contributed by atoms with Crippen molar-refractivity contribution in [3.63, 3.8) is 0 Å². The molecule has 1 aliphatic heterocycles. The molecule has 0 amide bonds. The molecule has 29 heavy (non-hydrogen) atoms. The van der Waals surface area contributed by atoms with Crippen molar-refractivity contribution in [2.45, 2.75) is 39.3 Å². The first-order chi connectivity index (χ1) is 14.2. The van der Waals surface area contributed by atoms with Crippen LogP contribution < -0.4 is 4.90 Å². The SMILES string of the molecule is CCC1c2nncn2-c2cnc(-n3ccnc3-c3ccccn3)nc2N1C(C)C. The van der Waals surface area contributed by atoms with E-state index in [1.165, 1.54) is 0 Å². The Morgan fingerprint density at radius 1 is 1.07 bits per heavy atom. The largest absolute Gasteiger partial charge is 0.342 e. The average molecular weight is 387 g/mol. The molecule has 0 aliphatic carbocycles. The Hall–Kier alpha value is -3.62. The van der Waals surface area contributed by atoms with Gasteiger partial charge in [0.15, 0.2) is 17.5 Å².